The summed E-state index contributed by atoms with van der Waals surface area (Å²) in [6.07, 6.45) is 0. The number of nitrogens with zero attached hydrogens (tertiary/aromatic N) is 3. The summed E-state index contributed by atoms with van der Waals surface area (Å²) in [7, 11) is 2.36. The molecule has 2 heterocycles. The molecule has 2 aromatic rings. The van der Waals surface area contributed by atoms with Crippen LogP contribution in [0.5, 0.6) is 0 Å². The van der Waals surface area contributed by atoms with Crippen LogP contribution in [0.3, 0.4) is 0 Å². The molecule has 2 aromatic heterocycles. The van der Waals surface area contributed by atoms with E-state index in [2.05, 4.69) is 29.5 Å². The summed E-state index contributed by atoms with van der Waals surface area (Å²) in [6.45, 7) is 6.07. The number of hydrogen-bond acceptors (Lipinski definition) is 4. The van der Waals surface area contributed by atoms with Crippen LogP contribution in [-0.4, -0.2) is 19.6 Å². The van der Waals surface area contributed by atoms with E-state index in [1.807, 2.05) is 20.8 Å². The lowest BCUT2D eigenvalue weighted by atomic mass is 9.96. The van der Waals surface area contributed by atoms with Gasteiger partial charge in [0.25, 0.3) is 5.56 Å². The summed E-state index contributed by atoms with van der Waals surface area (Å²) >= 11 is 0. The van der Waals surface area contributed by atoms with Crippen molar-refractivity contribution in [1.29, 1.82) is 0 Å². The summed E-state index contributed by atoms with van der Waals surface area (Å²) in [6, 6.07) is 1.45. The van der Waals surface area contributed by atoms with E-state index >= 15 is 0 Å². The molecule has 6 nitrogen and oxygen atoms in total. The van der Waals surface area contributed by atoms with Crippen molar-refractivity contribution in [2.75, 3.05) is 5.09 Å². The predicted octanol–water partition coefficient (Wildman–Crippen LogP) is 0.917. The topological polar surface area (TPSA) is 75.1 Å². The van der Waals surface area contributed by atoms with Crippen molar-refractivity contribution >= 4 is 21.0 Å². The fraction of sp³-hybridized carbons (Fsp3) is 0.444. The van der Waals surface area contributed by atoms with E-state index in [-0.39, 0.29) is 11.0 Å². The van der Waals surface area contributed by atoms with Crippen LogP contribution in [-0.2, 0) is 5.41 Å². The summed E-state index contributed by atoms with van der Waals surface area (Å²) in [5.41, 5.74) is 0.211. The second-order valence-electron chi connectivity index (χ2n) is 4.58. The van der Waals surface area contributed by atoms with Crippen LogP contribution >= 0.6 is 9.39 Å². The molecule has 2 N–H and O–H groups in total. The molecule has 0 aliphatic rings. The van der Waals surface area contributed by atoms with Gasteiger partial charge in [0, 0.05) is 11.5 Å². The molecule has 1 unspecified atom stereocenters. The van der Waals surface area contributed by atoms with Gasteiger partial charge in [0.05, 0.1) is 0 Å². The highest BCUT2D eigenvalue weighted by atomic mass is 31.0. The third-order valence-corrected chi connectivity index (χ3v) is 2.41. The monoisotopic (exact) mass is 239 g/mol. The Bertz CT molecular complexity index is 580. The van der Waals surface area contributed by atoms with Gasteiger partial charge < -0.3 is 5.09 Å². The second-order valence-corrected chi connectivity index (χ2v) is 4.87. The molecule has 0 fully saturated rings. The van der Waals surface area contributed by atoms with E-state index in [1.165, 1.54) is 10.6 Å². The number of aromatic amines is 1. The molecule has 86 valence electrons. The molecule has 1 atom stereocenters. The van der Waals surface area contributed by atoms with Crippen molar-refractivity contribution in [2.45, 2.75) is 26.2 Å². The van der Waals surface area contributed by atoms with Gasteiger partial charge in [-0.15, -0.1) is 0 Å². The van der Waals surface area contributed by atoms with Crippen LogP contribution < -0.4 is 10.6 Å². The van der Waals surface area contributed by atoms with Gasteiger partial charge in [0.2, 0.25) is 5.95 Å². The summed E-state index contributed by atoms with van der Waals surface area (Å²) < 4.78 is 1.52. The lowest BCUT2D eigenvalue weighted by molar-refractivity contribution is 0.544. The van der Waals surface area contributed by atoms with E-state index < -0.39 is 0 Å². The SMILES string of the molecule is CC(C)(C)c1nc(NP)n2[nH]c(=O)cc2n1. The Balaban J connectivity index is 2.77. The maximum Gasteiger partial charge on any atom is 0.266 e. The summed E-state index contributed by atoms with van der Waals surface area (Å²) in [5, 5.41) is 5.47. The highest BCUT2D eigenvalue weighted by Gasteiger charge is 2.19. The Morgan fingerprint density at radius 2 is 2.12 bits per heavy atom. The van der Waals surface area contributed by atoms with Crippen molar-refractivity contribution < 1.29 is 0 Å². The number of rotatable bonds is 1. The quantitative estimate of drug-likeness (QED) is 0.725. The number of fused-ring (bicyclic) bond motifs is 1. The molecule has 0 saturated heterocycles. The van der Waals surface area contributed by atoms with Crippen LogP contribution in [0.2, 0.25) is 0 Å². The van der Waals surface area contributed by atoms with Gasteiger partial charge in [-0.05, 0) is 9.39 Å². The van der Waals surface area contributed by atoms with E-state index in [0.29, 0.717) is 17.4 Å². The highest BCUT2D eigenvalue weighted by molar-refractivity contribution is 7.18. The summed E-state index contributed by atoms with van der Waals surface area (Å²) in [5.74, 6) is 1.23. The third kappa shape index (κ3) is 1.80. The minimum absolute atomic E-state index is 0.161. The minimum Gasteiger partial charge on any atom is -0.339 e. The zero-order valence-corrected chi connectivity index (χ0v) is 10.6. The first kappa shape index (κ1) is 11.1. The van der Waals surface area contributed by atoms with Crippen molar-refractivity contribution in [1.82, 2.24) is 19.6 Å². The number of H-pyrrole nitrogens is 1. The predicted molar refractivity (Wildman–Crippen MR) is 65.6 cm³/mol. The average molecular weight is 239 g/mol. The van der Waals surface area contributed by atoms with Gasteiger partial charge >= 0.3 is 0 Å². The van der Waals surface area contributed by atoms with Crippen molar-refractivity contribution in [3.05, 3.63) is 22.2 Å². The Morgan fingerprint density at radius 1 is 1.44 bits per heavy atom. The van der Waals surface area contributed by atoms with E-state index in [9.17, 15) is 4.79 Å². The van der Waals surface area contributed by atoms with E-state index in [1.54, 1.807) is 0 Å². The lowest BCUT2D eigenvalue weighted by Crippen LogP contribution is -2.18. The highest BCUT2D eigenvalue weighted by Crippen LogP contribution is 2.20. The smallest absolute Gasteiger partial charge is 0.266 e. The Morgan fingerprint density at radius 3 is 2.69 bits per heavy atom. The first-order valence-electron chi connectivity index (χ1n) is 4.89. The second kappa shape index (κ2) is 3.56. The van der Waals surface area contributed by atoms with Gasteiger partial charge in [-0.2, -0.15) is 4.98 Å². The Kier molecular flexibility index (Phi) is 2.46. The van der Waals surface area contributed by atoms with Gasteiger partial charge in [0.15, 0.2) is 5.65 Å². The molecule has 0 spiro atoms. The zero-order valence-electron chi connectivity index (χ0n) is 9.40. The minimum atomic E-state index is -0.193. The standard InChI is InChI=1S/C9H14N5OP/c1-9(2,3)7-10-5-4-6(15)12-14(5)8(11-7)13-16/h4H,16H2,1-3H3,(H,12,15)(H,10,11,13). The molecule has 0 saturated carbocycles. The molecule has 0 amide bonds. The molecule has 16 heavy (non-hydrogen) atoms. The molecule has 7 heteroatoms. The van der Waals surface area contributed by atoms with E-state index in [0.717, 1.165) is 0 Å². The molecular weight excluding hydrogens is 225 g/mol. The normalized spacial score (nSPS) is 12.0. The van der Waals surface area contributed by atoms with Crippen molar-refractivity contribution in [2.24, 2.45) is 0 Å². The summed E-state index contributed by atoms with van der Waals surface area (Å²) in [4.78, 5) is 19.9. The number of nitrogens with one attached hydrogen (secondary N) is 2. The maximum atomic E-state index is 11.2. The van der Waals surface area contributed by atoms with Gasteiger partial charge in [-0.1, -0.05) is 20.8 Å². The Hall–Kier alpha value is -1.42. The molecule has 2 rings (SSSR count). The van der Waals surface area contributed by atoms with Crippen molar-refractivity contribution in [3.63, 3.8) is 0 Å². The van der Waals surface area contributed by atoms with Gasteiger partial charge in [-0.25, -0.2) is 9.50 Å². The molecule has 0 aliphatic heterocycles. The first-order valence-corrected chi connectivity index (χ1v) is 5.46. The number of aromatic nitrogens is 4. The molecule has 0 radical (unpaired) electrons. The fourth-order valence-electron chi connectivity index (χ4n) is 1.34. The Labute approximate surface area is 94.7 Å². The van der Waals surface area contributed by atoms with E-state index in [4.69, 9.17) is 0 Å². The molecular formula is C9H14N5OP. The first-order chi connectivity index (χ1) is 7.41. The fourth-order valence-corrected chi connectivity index (χ4v) is 1.53. The van der Waals surface area contributed by atoms with Crippen LogP contribution in [0, 0.1) is 0 Å². The van der Waals surface area contributed by atoms with Gasteiger partial charge in [0.1, 0.15) is 5.82 Å². The number of hydrogen-bond donors (Lipinski definition) is 2. The molecule has 0 bridgehead atoms. The van der Waals surface area contributed by atoms with Gasteiger partial charge in [-0.3, -0.25) is 9.89 Å². The average Bonchev–Trinajstić information content (AvgIpc) is 2.54. The van der Waals surface area contributed by atoms with Crippen molar-refractivity contribution in [3.8, 4) is 0 Å². The maximum absolute atomic E-state index is 11.2. The lowest BCUT2D eigenvalue weighted by Gasteiger charge is -2.17. The van der Waals surface area contributed by atoms with Crippen LogP contribution in [0.1, 0.15) is 26.6 Å². The molecule has 0 aromatic carbocycles. The van der Waals surface area contributed by atoms with Crippen LogP contribution in [0.4, 0.5) is 5.95 Å². The molecule has 0 aliphatic carbocycles. The van der Waals surface area contributed by atoms with Crippen LogP contribution in [0.25, 0.3) is 5.65 Å². The zero-order chi connectivity index (χ0) is 11.9. The third-order valence-electron chi connectivity index (χ3n) is 2.16. The largest absolute Gasteiger partial charge is 0.339 e. The van der Waals surface area contributed by atoms with Crippen LogP contribution in [0.15, 0.2) is 10.9 Å². The number of anilines is 1.